The fourth-order valence-electron chi connectivity index (χ4n) is 2.33. The van der Waals surface area contributed by atoms with Gasteiger partial charge in [0.15, 0.2) is 0 Å². The van der Waals surface area contributed by atoms with Crippen molar-refractivity contribution in [3.63, 3.8) is 0 Å². The fraction of sp³-hybridized carbons (Fsp3) is 0.231. The maximum absolute atomic E-state index is 12.4. The largest absolute Gasteiger partial charge is 0.341 e. The van der Waals surface area contributed by atoms with Crippen LogP contribution in [-0.2, 0) is 6.54 Å². The molecule has 1 atom stereocenters. The van der Waals surface area contributed by atoms with E-state index in [1.165, 1.54) is 11.3 Å². The number of halogens is 1. The first-order chi connectivity index (χ1) is 8.70. The molecule has 1 aliphatic rings. The van der Waals surface area contributed by atoms with Gasteiger partial charge in [0, 0.05) is 22.1 Å². The van der Waals surface area contributed by atoms with Crippen molar-refractivity contribution in [1.82, 2.24) is 4.57 Å². The molecule has 5 heteroatoms. The highest BCUT2D eigenvalue weighted by atomic mass is 79.9. The summed E-state index contributed by atoms with van der Waals surface area (Å²) in [7, 11) is 0. The van der Waals surface area contributed by atoms with E-state index in [4.69, 9.17) is 5.26 Å². The molecule has 0 aromatic carbocycles. The SMILES string of the molecule is N#CC1CCn2c(C(=O)c3cc(Br)cs3)ccc21. The molecule has 0 bridgehead atoms. The number of hydrogen-bond donors (Lipinski definition) is 0. The summed E-state index contributed by atoms with van der Waals surface area (Å²) in [6, 6.07) is 7.84. The first kappa shape index (κ1) is 11.7. The normalized spacial score (nSPS) is 17.4. The lowest BCUT2D eigenvalue weighted by Crippen LogP contribution is -2.07. The van der Waals surface area contributed by atoms with E-state index in [0.717, 1.165) is 28.0 Å². The van der Waals surface area contributed by atoms with Crippen molar-refractivity contribution in [2.75, 3.05) is 0 Å². The third kappa shape index (κ3) is 1.73. The number of fused-ring (bicyclic) bond motifs is 1. The molecule has 0 saturated carbocycles. The average molecular weight is 321 g/mol. The Hall–Kier alpha value is -1.38. The number of nitriles is 1. The van der Waals surface area contributed by atoms with Gasteiger partial charge in [-0.1, -0.05) is 0 Å². The van der Waals surface area contributed by atoms with Crippen molar-refractivity contribution in [2.45, 2.75) is 18.9 Å². The van der Waals surface area contributed by atoms with Crippen LogP contribution in [0.5, 0.6) is 0 Å². The molecule has 1 aliphatic heterocycles. The summed E-state index contributed by atoms with van der Waals surface area (Å²) in [4.78, 5) is 13.1. The molecule has 0 aliphatic carbocycles. The summed E-state index contributed by atoms with van der Waals surface area (Å²) in [5.74, 6) is -0.0304. The van der Waals surface area contributed by atoms with Gasteiger partial charge < -0.3 is 4.57 Å². The molecule has 1 unspecified atom stereocenters. The summed E-state index contributed by atoms with van der Waals surface area (Å²) in [5.41, 5.74) is 1.66. The second kappa shape index (κ2) is 4.38. The third-order valence-corrected chi connectivity index (χ3v) is 4.88. The van der Waals surface area contributed by atoms with Gasteiger partial charge in [-0.05, 0) is 40.5 Å². The Labute approximate surface area is 117 Å². The van der Waals surface area contributed by atoms with Gasteiger partial charge in [0.1, 0.15) is 0 Å². The molecule has 0 radical (unpaired) electrons. The van der Waals surface area contributed by atoms with Crippen LogP contribution in [0.2, 0.25) is 0 Å². The summed E-state index contributed by atoms with van der Waals surface area (Å²) in [5, 5.41) is 10.9. The Morgan fingerprint density at radius 3 is 3.06 bits per heavy atom. The van der Waals surface area contributed by atoms with Gasteiger partial charge in [-0.2, -0.15) is 5.26 Å². The summed E-state index contributed by atoms with van der Waals surface area (Å²) >= 11 is 4.79. The predicted octanol–water partition coefficient (Wildman–Crippen LogP) is 3.55. The van der Waals surface area contributed by atoms with Crippen LogP contribution in [0.1, 0.15) is 33.4 Å². The highest BCUT2D eigenvalue weighted by Crippen LogP contribution is 2.31. The molecular weight excluding hydrogens is 312 g/mol. The average Bonchev–Trinajstić information content (AvgIpc) is 3.02. The predicted molar refractivity (Wildman–Crippen MR) is 72.9 cm³/mol. The lowest BCUT2D eigenvalue weighted by atomic mass is 10.1. The monoisotopic (exact) mass is 320 g/mol. The van der Waals surface area contributed by atoms with Crippen LogP contribution in [0.4, 0.5) is 0 Å². The summed E-state index contributed by atoms with van der Waals surface area (Å²) < 4.78 is 2.91. The van der Waals surface area contributed by atoms with Crippen LogP contribution in [0, 0.1) is 11.3 Å². The van der Waals surface area contributed by atoms with Crippen LogP contribution in [0.25, 0.3) is 0 Å². The minimum absolute atomic E-state index is 0.0375. The quantitative estimate of drug-likeness (QED) is 0.794. The van der Waals surface area contributed by atoms with Crippen LogP contribution >= 0.6 is 27.3 Å². The minimum atomic E-state index is -0.0679. The van der Waals surface area contributed by atoms with Gasteiger partial charge in [0.05, 0.1) is 22.6 Å². The van der Waals surface area contributed by atoms with E-state index >= 15 is 0 Å². The molecule has 90 valence electrons. The van der Waals surface area contributed by atoms with E-state index in [0.29, 0.717) is 5.69 Å². The summed E-state index contributed by atoms with van der Waals surface area (Å²) in [6.45, 7) is 0.758. The summed E-state index contributed by atoms with van der Waals surface area (Å²) in [6.07, 6.45) is 0.807. The molecule has 2 aromatic rings. The van der Waals surface area contributed by atoms with Crippen LogP contribution in [0.15, 0.2) is 28.1 Å². The molecule has 3 rings (SSSR count). The maximum atomic E-state index is 12.4. The second-order valence-electron chi connectivity index (χ2n) is 4.22. The van der Waals surface area contributed by atoms with Crippen molar-refractivity contribution in [1.29, 1.82) is 5.26 Å². The fourth-order valence-corrected chi connectivity index (χ4v) is 3.71. The number of ketones is 1. The van der Waals surface area contributed by atoms with Gasteiger partial charge in [0.25, 0.3) is 0 Å². The van der Waals surface area contributed by atoms with Crippen LogP contribution < -0.4 is 0 Å². The number of hydrogen-bond acceptors (Lipinski definition) is 3. The second-order valence-corrected chi connectivity index (χ2v) is 6.05. The van der Waals surface area contributed by atoms with Gasteiger partial charge >= 0.3 is 0 Å². The van der Waals surface area contributed by atoms with Gasteiger partial charge in [0.2, 0.25) is 5.78 Å². The lowest BCUT2D eigenvalue weighted by Gasteiger charge is -2.03. The van der Waals surface area contributed by atoms with Crippen LogP contribution in [-0.4, -0.2) is 10.4 Å². The van der Waals surface area contributed by atoms with E-state index in [1.54, 1.807) is 0 Å². The first-order valence-corrected chi connectivity index (χ1v) is 7.25. The molecule has 3 heterocycles. The number of carbonyl (C=O) groups is 1. The topological polar surface area (TPSA) is 45.8 Å². The highest BCUT2D eigenvalue weighted by molar-refractivity contribution is 9.10. The lowest BCUT2D eigenvalue weighted by molar-refractivity contribution is 0.103. The van der Waals surface area contributed by atoms with Crippen molar-refractivity contribution >= 4 is 33.0 Å². The number of nitrogens with zero attached hydrogens (tertiary/aromatic N) is 2. The van der Waals surface area contributed by atoms with Crippen LogP contribution in [0.3, 0.4) is 0 Å². The van der Waals surface area contributed by atoms with Crippen molar-refractivity contribution < 1.29 is 4.79 Å². The molecule has 0 N–H and O–H groups in total. The maximum Gasteiger partial charge on any atom is 0.219 e. The zero-order valence-electron chi connectivity index (χ0n) is 9.39. The van der Waals surface area contributed by atoms with Gasteiger partial charge in [-0.3, -0.25) is 4.79 Å². The molecule has 0 amide bonds. The zero-order valence-corrected chi connectivity index (χ0v) is 11.8. The Balaban J connectivity index is 2.00. The van der Waals surface area contributed by atoms with Crippen molar-refractivity contribution in [3.05, 3.63) is 44.3 Å². The van der Waals surface area contributed by atoms with E-state index < -0.39 is 0 Å². The molecular formula is C13H9BrN2OS. The third-order valence-electron chi connectivity index (χ3n) is 3.19. The van der Waals surface area contributed by atoms with E-state index in [9.17, 15) is 4.79 Å². The molecule has 0 spiro atoms. The van der Waals surface area contributed by atoms with Crippen molar-refractivity contribution in [3.8, 4) is 6.07 Å². The van der Waals surface area contributed by atoms with E-state index in [2.05, 4.69) is 22.0 Å². The Kier molecular flexibility index (Phi) is 2.84. The molecule has 0 fully saturated rings. The van der Waals surface area contributed by atoms with Gasteiger partial charge in [-0.15, -0.1) is 11.3 Å². The van der Waals surface area contributed by atoms with E-state index in [1.807, 2.05) is 28.1 Å². The number of carbonyl (C=O) groups excluding carboxylic acids is 1. The highest BCUT2D eigenvalue weighted by Gasteiger charge is 2.27. The van der Waals surface area contributed by atoms with Gasteiger partial charge in [-0.25, -0.2) is 0 Å². The smallest absolute Gasteiger partial charge is 0.219 e. The minimum Gasteiger partial charge on any atom is -0.341 e. The molecule has 3 nitrogen and oxygen atoms in total. The molecule has 18 heavy (non-hydrogen) atoms. The molecule has 2 aromatic heterocycles. The number of rotatable bonds is 2. The first-order valence-electron chi connectivity index (χ1n) is 5.58. The van der Waals surface area contributed by atoms with E-state index in [-0.39, 0.29) is 11.7 Å². The van der Waals surface area contributed by atoms with Crippen molar-refractivity contribution in [2.24, 2.45) is 0 Å². The Bertz CT molecular complexity index is 665. The zero-order chi connectivity index (χ0) is 12.7. The Morgan fingerprint density at radius 2 is 2.39 bits per heavy atom. The molecule has 0 saturated heterocycles. The number of thiophene rings is 1. The number of aromatic nitrogens is 1. The standard InChI is InChI=1S/C13H9BrN2OS/c14-9-5-12(18-7-9)13(17)11-2-1-10-8(6-15)3-4-16(10)11/h1-2,5,7-8H,3-4H2. The Morgan fingerprint density at radius 1 is 1.56 bits per heavy atom.